The van der Waals surface area contributed by atoms with Crippen molar-refractivity contribution in [1.82, 2.24) is 0 Å². The van der Waals surface area contributed by atoms with Crippen LogP contribution in [-0.4, -0.2) is 0 Å². The lowest BCUT2D eigenvalue weighted by Crippen LogP contribution is -2.11. The van der Waals surface area contributed by atoms with Gasteiger partial charge in [-0.2, -0.15) is 4.39 Å². The maximum absolute atomic E-state index is 13.8. The first-order valence-corrected chi connectivity index (χ1v) is 8.87. The van der Waals surface area contributed by atoms with Crippen LogP contribution in [0.4, 0.5) is 8.78 Å². The summed E-state index contributed by atoms with van der Waals surface area (Å²) in [7, 11) is 0. The third-order valence-electron chi connectivity index (χ3n) is 5.19. The van der Waals surface area contributed by atoms with E-state index in [1.54, 1.807) is 0 Å². The van der Waals surface area contributed by atoms with E-state index >= 15 is 0 Å². The van der Waals surface area contributed by atoms with Crippen LogP contribution in [0.1, 0.15) is 48.3 Å². The Balaban J connectivity index is 1.60. The number of hydrogen-bond donors (Lipinski definition) is 0. The van der Waals surface area contributed by atoms with Crippen molar-refractivity contribution in [3.63, 3.8) is 0 Å². The van der Waals surface area contributed by atoms with Crippen LogP contribution in [0.5, 0.6) is 5.75 Å². The number of rotatable bonds is 5. The number of halogens is 2. The molecular weight excluding hydrogens is 318 g/mol. The molecular formula is C22H24F2O. The summed E-state index contributed by atoms with van der Waals surface area (Å²) in [5, 5.41) is 0. The first-order chi connectivity index (χ1) is 12.1. The van der Waals surface area contributed by atoms with Crippen molar-refractivity contribution < 1.29 is 13.5 Å². The number of allylic oxidation sites excluding steroid dienone is 1. The van der Waals surface area contributed by atoms with Crippen molar-refractivity contribution in [1.29, 1.82) is 0 Å². The summed E-state index contributed by atoms with van der Waals surface area (Å²) in [6.07, 6.45) is 6.87. The SMILES string of the molecule is C=CC1CCC(c2ccc(COc3ccc(C)c(F)c3F)cc2)CC1. The number of hydrogen-bond acceptors (Lipinski definition) is 1. The molecule has 0 unspecified atom stereocenters. The summed E-state index contributed by atoms with van der Waals surface area (Å²) < 4.78 is 32.8. The van der Waals surface area contributed by atoms with Crippen LogP contribution in [0.15, 0.2) is 49.1 Å². The monoisotopic (exact) mass is 342 g/mol. The molecule has 1 fully saturated rings. The lowest BCUT2D eigenvalue weighted by Gasteiger charge is -2.27. The number of ether oxygens (including phenoxy) is 1. The van der Waals surface area contributed by atoms with E-state index in [-0.39, 0.29) is 17.9 Å². The lowest BCUT2D eigenvalue weighted by atomic mass is 9.79. The minimum absolute atomic E-state index is 0.0464. The van der Waals surface area contributed by atoms with Gasteiger partial charge in [0.15, 0.2) is 11.6 Å². The van der Waals surface area contributed by atoms with E-state index in [0.717, 1.165) is 5.56 Å². The van der Waals surface area contributed by atoms with Gasteiger partial charge in [-0.3, -0.25) is 0 Å². The van der Waals surface area contributed by atoms with Gasteiger partial charge in [-0.1, -0.05) is 36.4 Å². The fraction of sp³-hybridized carbons (Fsp3) is 0.364. The molecule has 0 bridgehead atoms. The van der Waals surface area contributed by atoms with E-state index in [1.165, 1.54) is 50.3 Å². The Bertz CT molecular complexity index is 728. The van der Waals surface area contributed by atoms with Crippen LogP contribution in [0.2, 0.25) is 0 Å². The molecule has 1 saturated carbocycles. The maximum atomic E-state index is 13.8. The molecule has 0 radical (unpaired) electrons. The average Bonchev–Trinajstić information content (AvgIpc) is 2.66. The molecule has 132 valence electrons. The van der Waals surface area contributed by atoms with Gasteiger partial charge in [0.2, 0.25) is 5.82 Å². The first-order valence-electron chi connectivity index (χ1n) is 8.87. The van der Waals surface area contributed by atoms with Gasteiger partial charge in [0.25, 0.3) is 0 Å². The van der Waals surface area contributed by atoms with Gasteiger partial charge in [0.1, 0.15) is 6.61 Å². The molecule has 0 amide bonds. The Labute approximate surface area is 148 Å². The second kappa shape index (κ2) is 7.81. The van der Waals surface area contributed by atoms with E-state index in [4.69, 9.17) is 4.74 Å². The van der Waals surface area contributed by atoms with Crippen molar-refractivity contribution >= 4 is 0 Å². The van der Waals surface area contributed by atoms with Crippen molar-refractivity contribution in [3.8, 4) is 5.75 Å². The predicted molar refractivity (Wildman–Crippen MR) is 96.8 cm³/mol. The summed E-state index contributed by atoms with van der Waals surface area (Å²) in [4.78, 5) is 0. The van der Waals surface area contributed by atoms with Crippen molar-refractivity contribution in [2.75, 3.05) is 0 Å². The summed E-state index contributed by atoms with van der Waals surface area (Å²) in [5.74, 6) is -0.544. The highest BCUT2D eigenvalue weighted by molar-refractivity contribution is 5.31. The Hall–Kier alpha value is -2.16. The molecule has 3 heteroatoms. The van der Waals surface area contributed by atoms with Gasteiger partial charge >= 0.3 is 0 Å². The number of aryl methyl sites for hydroxylation is 1. The second-order valence-corrected chi connectivity index (χ2v) is 6.89. The minimum Gasteiger partial charge on any atom is -0.486 e. The zero-order valence-electron chi connectivity index (χ0n) is 14.6. The molecule has 1 aliphatic rings. The van der Waals surface area contributed by atoms with E-state index in [1.807, 2.05) is 12.1 Å². The van der Waals surface area contributed by atoms with Gasteiger partial charge in [0, 0.05) is 0 Å². The largest absolute Gasteiger partial charge is 0.486 e. The van der Waals surface area contributed by atoms with Crippen molar-refractivity contribution in [2.45, 2.75) is 45.1 Å². The third kappa shape index (κ3) is 4.09. The Morgan fingerprint density at radius 1 is 1.00 bits per heavy atom. The Kier molecular flexibility index (Phi) is 5.52. The van der Waals surface area contributed by atoms with Gasteiger partial charge < -0.3 is 4.74 Å². The van der Waals surface area contributed by atoms with Crippen LogP contribution in [0.3, 0.4) is 0 Å². The fourth-order valence-corrected chi connectivity index (χ4v) is 3.48. The van der Waals surface area contributed by atoms with Crippen molar-refractivity contribution in [3.05, 3.63) is 77.4 Å². The quantitative estimate of drug-likeness (QED) is 0.578. The first kappa shape index (κ1) is 17.7. The molecule has 2 aromatic carbocycles. The molecule has 1 aliphatic carbocycles. The van der Waals surface area contributed by atoms with Gasteiger partial charge in [-0.25, -0.2) is 4.39 Å². The van der Waals surface area contributed by atoms with E-state index in [2.05, 4.69) is 24.8 Å². The molecule has 0 N–H and O–H groups in total. The summed E-state index contributed by atoms with van der Waals surface area (Å²) >= 11 is 0. The maximum Gasteiger partial charge on any atom is 0.200 e. The summed E-state index contributed by atoms with van der Waals surface area (Å²) in [5.41, 5.74) is 2.57. The highest BCUT2D eigenvalue weighted by atomic mass is 19.2. The highest BCUT2D eigenvalue weighted by Crippen LogP contribution is 2.36. The standard InChI is InChI=1S/C22H24F2O/c1-3-16-5-9-18(10-6-16)19-11-7-17(8-12-19)14-25-20-13-4-15(2)21(23)22(20)24/h3-4,7-8,11-13,16,18H,1,5-6,9-10,14H2,2H3. The molecule has 0 spiro atoms. The van der Waals surface area contributed by atoms with E-state index in [0.29, 0.717) is 11.8 Å². The zero-order chi connectivity index (χ0) is 17.8. The van der Waals surface area contributed by atoms with Gasteiger partial charge in [0.05, 0.1) is 0 Å². The number of benzene rings is 2. The van der Waals surface area contributed by atoms with Gasteiger partial charge in [-0.05, 0) is 67.2 Å². The fourth-order valence-electron chi connectivity index (χ4n) is 3.48. The van der Waals surface area contributed by atoms with E-state index in [9.17, 15) is 8.78 Å². The predicted octanol–water partition coefficient (Wildman–Crippen LogP) is 6.31. The zero-order valence-corrected chi connectivity index (χ0v) is 14.6. The van der Waals surface area contributed by atoms with E-state index < -0.39 is 11.6 Å². The summed E-state index contributed by atoms with van der Waals surface area (Å²) in [6.45, 7) is 5.65. The third-order valence-corrected chi connectivity index (χ3v) is 5.19. The molecule has 25 heavy (non-hydrogen) atoms. The van der Waals surface area contributed by atoms with Crippen LogP contribution >= 0.6 is 0 Å². The smallest absolute Gasteiger partial charge is 0.200 e. The van der Waals surface area contributed by atoms with Crippen LogP contribution in [0.25, 0.3) is 0 Å². The second-order valence-electron chi connectivity index (χ2n) is 6.89. The molecule has 2 aromatic rings. The molecule has 0 aromatic heterocycles. The Morgan fingerprint density at radius 2 is 1.68 bits per heavy atom. The van der Waals surface area contributed by atoms with Gasteiger partial charge in [-0.15, -0.1) is 6.58 Å². The molecule has 0 saturated heterocycles. The average molecular weight is 342 g/mol. The van der Waals surface area contributed by atoms with Crippen molar-refractivity contribution in [2.24, 2.45) is 5.92 Å². The summed E-state index contributed by atoms with van der Waals surface area (Å²) in [6, 6.07) is 11.3. The Morgan fingerprint density at radius 3 is 2.32 bits per heavy atom. The molecule has 0 heterocycles. The molecule has 3 rings (SSSR count). The highest BCUT2D eigenvalue weighted by Gasteiger charge is 2.20. The normalized spacial score (nSPS) is 20.3. The minimum atomic E-state index is -0.921. The molecule has 1 nitrogen and oxygen atoms in total. The van der Waals surface area contributed by atoms with Crippen LogP contribution in [-0.2, 0) is 6.61 Å². The topological polar surface area (TPSA) is 9.23 Å². The van der Waals surface area contributed by atoms with Crippen LogP contribution < -0.4 is 4.74 Å². The molecule has 0 aliphatic heterocycles. The molecule has 0 atom stereocenters. The lowest BCUT2D eigenvalue weighted by molar-refractivity contribution is 0.284. The van der Waals surface area contributed by atoms with Crippen LogP contribution in [0, 0.1) is 24.5 Å².